The molecule has 0 aliphatic heterocycles. The average molecular weight is 446 g/mol. The lowest BCUT2D eigenvalue weighted by Crippen LogP contribution is -2.19. The number of carbonyl (C=O) groups excluding carboxylic acids is 2. The normalized spacial score (nSPS) is 11.2. The van der Waals surface area contributed by atoms with E-state index in [4.69, 9.17) is 0 Å². The summed E-state index contributed by atoms with van der Waals surface area (Å²) in [7, 11) is 0. The minimum Gasteiger partial charge on any atom is -0.322 e. The topological polar surface area (TPSA) is 70.6 Å². The number of hydrazone groups is 1. The van der Waals surface area contributed by atoms with E-state index in [1.54, 1.807) is 36.4 Å². The zero-order chi connectivity index (χ0) is 23.6. The smallest absolute Gasteiger partial charge is 0.271 e. The summed E-state index contributed by atoms with van der Waals surface area (Å²) in [5, 5.41) is 7.18. The van der Waals surface area contributed by atoms with E-state index in [0.717, 1.165) is 11.1 Å². The van der Waals surface area contributed by atoms with Crippen LogP contribution in [0.15, 0.2) is 126 Å². The fourth-order valence-electron chi connectivity index (χ4n) is 3.22. The highest BCUT2D eigenvalue weighted by Gasteiger charge is 2.08. The average Bonchev–Trinajstić information content (AvgIpc) is 2.90. The van der Waals surface area contributed by atoms with Crippen molar-refractivity contribution in [2.75, 3.05) is 5.32 Å². The van der Waals surface area contributed by atoms with Gasteiger partial charge in [0.1, 0.15) is 0 Å². The van der Waals surface area contributed by atoms with E-state index in [9.17, 15) is 9.59 Å². The second-order valence-electron chi connectivity index (χ2n) is 7.45. The number of anilines is 1. The molecule has 34 heavy (non-hydrogen) atoms. The van der Waals surface area contributed by atoms with E-state index >= 15 is 0 Å². The van der Waals surface area contributed by atoms with Gasteiger partial charge in [-0.05, 0) is 48.0 Å². The predicted octanol–water partition coefficient (Wildman–Crippen LogP) is 5.79. The highest BCUT2D eigenvalue weighted by Crippen LogP contribution is 2.12. The Morgan fingerprint density at radius 1 is 0.588 bits per heavy atom. The third-order valence-electron chi connectivity index (χ3n) is 5.02. The summed E-state index contributed by atoms with van der Waals surface area (Å²) in [5.41, 5.74) is 6.77. The van der Waals surface area contributed by atoms with Crippen LogP contribution < -0.4 is 10.7 Å². The largest absolute Gasteiger partial charge is 0.322 e. The summed E-state index contributed by atoms with van der Waals surface area (Å²) in [5.74, 6) is -0.553. The van der Waals surface area contributed by atoms with Gasteiger partial charge in [0.05, 0.1) is 5.71 Å². The molecule has 0 saturated carbocycles. The molecule has 5 nitrogen and oxygen atoms in total. The molecule has 0 atom stereocenters. The lowest BCUT2D eigenvalue weighted by molar-refractivity contribution is 0.0954. The van der Waals surface area contributed by atoms with Gasteiger partial charge in [0, 0.05) is 22.4 Å². The lowest BCUT2D eigenvalue weighted by Gasteiger charge is -2.07. The van der Waals surface area contributed by atoms with Gasteiger partial charge in [-0.15, -0.1) is 0 Å². The maximum absolute atomic E-state index is 12.7. The standard InChI is InChI=1S/C29H23N3O2/c33-28(24-14-8-3-9-15-24)30-26-19-17-25(18-20-26)29(34)32-31-27(23-12-6-2-7-13-23)21-16-22-10-4-1-5-11-22/h1-21H,(H,30,33)(H,32,34)/b21-16+,31-27-. The van der Waals surface area contributed by atoms with Crippen LogP contribution in [0.25, 0.3) is 6.08 Å². The van der Waals surface area contributed by atoms with Gasteiger partial charge in [0.2, 0.25) is 0 Å². The summed E-state index contributed by atoms with van der Waals surface area (Å²) in [6, 6.07) is 35.1. The maximum atomic E-state index is 12.7. The summed E-state index contributed by atoms with van der Waals surface area (Å²) in [6.45, 7) is 0. The third-order valence-corrected chi connectivity index (χ3v) is 5.02. The molecule has 4 aromatic carbocycles. The SMILES string of the molecule is O=C(N/N=C(/C=C/c1ccccc1)c1ccccc1)c1ccc(NC(=O)c2ccccc2)cc1. The van der Waals surface area contributed by atoms with E-state index in [1.807, 2.05) is 91.0 Å². The van der Waals surface area contributed by atoms with Crippen LogP contribution >= 0.6 is 0 Å². The number of nitrogens with one attached hydrogen (secondary N) is 2. The first-order valence-corrected chi connectivity index (χ1v) is 10.8. The Balaban J connectivity index is 1.45. The van der Waals surface area contributed by atoms with Crippen molar-refractivity contribution in [3.8, 4) is 0 Å². The van der Waals surface area contributed by atoms with Gasteiger partial charge in [0.15, 0.2) is 0 Å². The van der Waals surface area contributed by atoms with Crippen LogP contribution in [-0.4, -0.2) is 17.5 Å². The zero-order valence-electron chi connectivity index (χ0n) is 18.4. The highest BCUT2D eigenvalue weighted by atomic mass is 16.2. The molecule has 0 spiro atoms. The Morgan fingerprint density at radius 3 is 1.74 bits per heavy atom. The quantitative estimate of drug-likeness (QED) is 0.279. The minimum absolute atomic E-state index is 0.208. The van der Waals surface area contributed by atoms with Gasteiger partial charge in [-0.1, -0.05) is 84.9 Å². The monoisotopic (exact) mass is 445 g/mol. The Labute approximate surface area is 198 Å². The van der Waals surface area contributed by atoms with Crippen LogP contribution in [0.4, 0.5) is 5.69 Å². The molecule has 166 valence electrons. The van der Waals surface area contributed by atoms with Crippen LogP contribution in [0.1, 0.15) is 31.8 Å². The van der Waals surface area contributed by atoms with Crippen molar-refractivity contribution in [1.29, 1.82) is 0 Å². The molecular weight excluding hydrogens is 422 g/mol. The van der Waals surface area contributed by atoms with E-state index < -0.39 is 0 Å². The Hall–Kier alpha value is -4.77. The van der Waals surface area contributed by atoms with Gasteiger partial charge >= 0.3 is 0 Å². The van der Waals surface area contributed by atoms with E-state index in [-0.39, 0.29) is 11.8 Å². The van der Waals surface area contributed by atoms with Gasteiger partial charge < -0.3 is 5.32 Å². The Kier molecular flexibility index (Phi) is 7.39. The van der Waals surface area contributed by atoms with Crippen molar-refractivity contribution in [3.05, 3.63) is 144 Å². The van der Waals surface area contributed by atoms with Gasteiger partial charge in [-0.3, -0.25) is 9.59 Å². The molecule has 0 aliphatic carbocycles. The molecule has 0 heterocycles. The molecule has 0 saturated heterocycles. The second kappa shape index (κ2) is 11.2. The summed E-state index contributed by atoms with van der Waals surface area (Å²) in [6.07, 6.45) is 3.81. The molecule has 0 unspecified atom stereocenters. The van der Waals surface area contributed by atoms with E-state index in [1.165, 1.54) is 0 Å². The molecule has 2 amide bonds. The molecule has 2 N–H and O–H groups in total. The maximum Gasteiger partial charge on any atom is 0.271 e. The first-order valence-electron chi connectivity index (χ1n) is 10.8. The number of nitrogens with zero attached hydrogens (tertiary/aromatic N) is 1. The number of hydrogen-bond donors (Lipinski definition) is 2. The highest BCUT2D eigenvalue weighted by molar-refractivity contribution is 6.11. The predicted molar refractivity (Wildman–Crippen MR) is 137 cm³/mol. The minimum atomic E-state index is -0.345. The van der Waals surface area contributed by atoms with Crippen LogP contribution in [0.2, 0.25) is 0 Å². The van der Waals surface area contributed by atoms with Crippen LogP contribution in [0.3, 0.4) is 0 Å². The number of hydrogen-bond acceptors (Lipinski definition) is 3. The van der Waals surface area contributed by atoms with Gasteiger partial charge in [-0.25, -0.2) is 5.43 Å². The molecule has 0 aromatic heterocycles. The second-order valence-corrected chi connectivity index (χ2v) is 7.45. The zero-order valence-corrected chi connectivity index (χ0v) is 18.4. The van der Waals surface area contributed by atoms with Crippen molar-refractivity contribution in [2.45, 2.75) is 0 Å². The van der Waals surface area contributed by atoms with Crippen LogP contribution in [0.5, 0.6) is 0 Å². The number of allylic oxidation sites excluding steroid dienone is 1. The molecular formula is C29H23N3O2. The summed E-state index contributed by atoms with van der Waals surface area (Å²) in [4.78, 5) is 25.0. The summed E-state index contributed by atoms with van der Waals surface area (Å²) < 4.78 is 0. The van der Waals surface area contributed by atoms with E-state index in [2.05, 4.69) is 15.8 Å². The lowest BCUT2D eigenvalue weighted by atomic mass is 10.1. The molecule has 0 bridgehead atoms. The van der Waals surface area contributed by atoms with Crippen molar-refractivity contribution >= 4 is 29.3 Å². The fraction of sp³-hybridized carbons (Fsp3) is 0. The molecule has 0 aliphatic rings. The number of rotatable bonds is 7. The molecule has 0 radical (unpaired) electrons. The number of carbonyl (C=O) groups is 2. The van der Waals surface area contributed by atoms with E-state index in [0.29, 0.717) is 22.5 Å². The molecule has 4 rings (SSSR count). The van der Waals surface area contributed by atoms with Crippen molar-refractivity contribution in [3.63, 3.8) is 0 Å². The number of benzene rings is 4. The van der Waals surface area contributed by atoms with Crippen molar-refractivity contribution in [2.24, 2.45) is 5.10 Å². The van der Waals surface area contributed by atoms with Crippen LogP contribution in [0, 0.1) is 0 Å². The molecule has 0 fully saturated rings. The Morgan fingerprint density at radius 2 is 1.12 bits per heavy atom. The Bertz CT molecular complexity index is 1300. The fourth-order valence-corrected chi connectivity index (χ4v) is 3.22. The van der Waals surface area contributed by atoms with Crippen molar-refractivity contribution in [1.82, 2.24) is 5.43 Å². The third kappa shape index (κ3) is 6.14. The number of amides is 2. The molecule has 4 aromatic rings. The molecule has 5 heteroatoms. The first-order chi connectivity index (χ1) is 16.7. The first kappa shape index (κ1) is 22.4. The van der Waals surface area contributed by atoms with Gasteiger partial charge in [-0.2, -0.15) is 5.10 Å². The van der Waals surface area contributed by atoms with Crippen LogP contribution in [-0.2, 0) is 0 Å². The summed E-state index contributed by atoms with van der Waals surface area (Å²) >= 11 is 0. The van der Waals surface area contributed by atoms with Crippen molar-refractivity contribution < 1.29 is 9.59 Å². The van der Waals surface area contributed by atoms with Gasteiger partial charge in [0.25, 0.3) is 11.8 Å².